The van der Waals surface area contributed by atoms with Crippen molar-refractivity contribution in [3.05, 3.63) is 18.0 Å². The smallest absolute Gasteiger partial charge is 0.316 e. The molecule has 0 aromatic carbocycles. The Hall–Kier alpha value is -1.12. The van der Waals surface area contributed by atoms with Gasteiger partial charge in [0, 0.05) is 12.4 Å². The normalized spacial score (nSPS) is 10.6. The highest BCUT2D eigenvalue weighted by atomic mass is 16.5. The molecule has 0 aliphatic rings. The van der Waals surface area contributed by atoms with E-state index in [1.54, 1.807) is 0 Å². The Bertz CT molecular complexity index is 311. The lowest BCUT2D eigenvalue weighted by Gasteiger charge is -2.05. The minimum absolute atomic E-state index is 0.522. The predicted octanol–water partition coefficient (Wildman–Crippen LogP) is 4.56. The molecule has 3 heteroatoms. The van der Waals surface area contributed by atoms with E-state index in [1.165, 1.54) is 50.5 Å². The molecule has 0 spiro atoms. The third-order valence-electron chi connectivity index (χ3n) is 3.23. The Morgan fingerprint density at radius 2 is 1.47 bits per heavy atom. The number of nitrogens with zero attached hydrogens (tertiary/aromatic N) is 2. The quantitative estimate of drug-likeness (QED) is 0.550. The van der Waals surface area contributed by atoms with Crippen LogP contribution in [0.1, 0.15) is 70.8 Å². The molecule has 0 N–H and O–H groups in total. The molecule has 0 atom stereocenters. The van der Waals surface area contributed by atoms with E-state index < -0.39 is 0 Å². The topological polar surface area (TPSA) is 35.0 Å². The summed E-state index contributed by atoms with van der Waals surface area (Å²) in [6.07, 6.45) is 14.9. The average molecular weight is 264 g/mol. The van der Waals surface area contributed by atoms with Gasteiger partial charge in [0.1, 0.15) is 0 Å². The second-order valence-corrected chi connectivity index (χ2v) is 5.09. The lowest BCUT2D eigenvalue weighted by molar-refractivity contribution is 0.281. The molecule has 19 heavy (non-hydrogen) atoms. The van der Waals surface area contributed by atoms with Gasteiger partial charge < -0.3 is 4.74 Å². The standard InChI is InChI=1S/C16H28N2O/c1-3-5-7-9-11-15-13-17-16(18-14-15)19-12-10-8-6-4-2/h13-14H,3-12H2,1-2H3. The molecule has 1 rings (SSSR count). The number of hydrogen-bond acceptors (Lipinski definition) is 3. The summed E-state index contributed by atoms with van der Waals surface area (Å²) in [7, 11) is 0. The molecule has 0 aliphatic carbocycles. The summed E-state index contributed by atoms with van der Waals surface area (Å²) in [6, 6.07) is 0.522. The first kappa shape index (κ1) is 15.9. The van der Waals surface area contributed by atoms with Crippen LogP contribution in [0.25, 0.3) is 0 Å². The van der Waals surface area contributed by atoms with Crippen molar-refractivity contribution in [1.29, 1.82) is 0 Å². The Balaban J connectivity index is 2.16. The zero-order valence-corrected chi connectivity index (χ0v) is 12.5. The number of aromatic nitrogens is 2. The lowest BCUT2D eigenvalue weighted by Crippen LogP contribution is -2.01. The third kappa shape index (κ3) is 7.81. The van der Waals surface area contributed by atoms with Crippen LogP contribution in [0.3, 0.4) is 0 Å². The van der Waals surface area contributed by atoms with Crippen LogP contribution in [0.5, 0.6) is 6.01 Å². The van der Waals surface area contributed by atoms with Gasteiger partial charge >= 0.3 is 6.01 Å². The predicted molar refractivity (Wildman–Crippen MR) is 79.5 cm³/mol. The molecule has 1 aromatic heterocycles. The van der Waals surface area contributed by atoms with E-state index >= 15 is 0 Å². The average Bonchev–Trinajstić information content (AvgIpc) is 2.45. The van der Waals surface area contributed by atoms with Crippen molar-refractivity contribution in [1.82, 2.24) is 9.97 Å². The molecule has 108 valence electrons. The Morgan fingerprint density at radius 3 is 2.11 bits per heavy atom. The molecule has 0 saturated heterocycles. The van der Waals surface area contributed by atoms with Crippen LogP contribution >= 0.6 is 0 Å². The highest BCUT2D eigenvalue weighted by molar-refractivity contribution is 5.07. The van der Waals surface area contributed by atoms with Gasteiger partial charge in [-0.15, -0.1) is 0 Å². The molecule has 0 radical (unpaired) electrons. The molecule has 0 amide bonds. The van der Waals surface area contributed by atoms with E-state index in [0.29, 0.717) is 6.01 Å². The Kier molecular flexibility index (Phi) is 9.03. The zero-order valence-electron chi connectivity index (χ0n) is 12.5. The number of ether oxygens (including phenoxy) is 1. The van der Waals surface area contributed by atoms with Gasteiger partial charge in [0.25, 0.3) is 0 Å². The van der Waals surface area contributed by atoms with Crippen molar-refractivity contribution in [2.45, 2.75) is 71.6 Å². The number of aryl methyl sites for hydroxylation is 1. The van der Waals surface area contributed by atoms with Crippen LogP contribution < -0.4 is 4.74 Å². The van der Waals surface area contributed by atoms with Crippen molar-refractivity contribution in [2.75, 3.05) is 6.61 Å². The fraction of sp³-hybridized carbons (Fsp3) is 0.750. The molecule has 1 aromatic rings. The molecule has 0 aliphatic heterocycles. The van der Waals surface area contributed by atoms with E-state index in [1.807, 2.05) is 12.4 Å². The van der Waals surface area contributed by atoms with Crippen molar-refractivity contribution in [2.24, 2.45) is 0 Å². The molecule has 1 heterocycles. The third-order valence-corrected chi connectivity index (χ3v) is 3.23. The second-order valence-electron chi connectivity index (χ2n) is 5.09. The van der Waals surface area contributed by atoms with Gasteiger partial charge in [-0.3, -0.25) is 0 Å². The monoisotopic (exact) mass is 264 g/mol. The Morgan fingerprint density at radius 1 is 0.842 bits per heavy atom. The van der Waals surface area contributed by atoms with Crippen molar-refractivity contribution in [3.8, 4) is 6.01 Å². The van der Waals surface area contributed by atoms with Crippen LogP contribution in [-0.2, 0) is 6.42 Å². The van der Waals surface area contributed by atoms with E-state index in [4.69, 9.17) is 4.74 Å². The van der Waals surface area contributed by atoms with Crippen LogP contribution in [0.4, 0.5) is 0 Å². The van der Waals surface area contributed by atoms with Crippen LogP contribution in [0, 0.1) is 0 Å². The molecule has 0 saturated carbocycles. The molecule has 3 nitrogen and oxygen atoms in total. The summed E-state index contributed by atoms with van der Waals surface area (Å²) in [5, 5.41) is 0. The molecule has 0 unspecified atom stereocenters. The van der Waals surface area contributed by atoms with Crippen molar-refractivity contribution in [3.63, 3.8) is 0 Å². The van der Waals surface area contributed by atoms with Gasteiger partial charge in [-0.1, -0.05) is 52.4 Å². The minimum atomic E-state index is 0.522. The number of hydrogen-bond donors (Lipinski definition) is 0. The van der Waals surface area contributed by atoms with E-state index in [-0.39, 0.29) is 0 Å². The molecular weight excluding hydrogens is 236 g/mol. The van der Waals surface area contributed by atoms with Crippen LogP contribution in [0.15, 0.2) is 12.4 Å². The first-order valence-corrected chi connectivity index (χ1v) is 7.80. The number of rotatable bonds is 11. The fourth-order valence-corrected chi connectivity index (χ4v) is 1.99. The minimum Gasteiger partial charge on any atom is -0.463 e. The van der Waals surface area contributed by atoms with Gasteiger partial charge in [0.15, 0.2) is 0 Å². The second kappa shape index (κ2) is 10.8. The SMILES string of the molecule is CCCCCCOc1ncc(CCCCCC)cn1. The summed E-state index contributed by atoms with van der Waals surface area (Å²) < 4.78 is 5.53. The van der Waals surface area contributed by atoms with Crippen LogP contribution in [-0.4, -0.2) is 16.6 Å². The van der Waals surface area contributed by atoms with E-state index in [0.717, 1.165) is 19.4 Å². The van der Waals surface area contributed by atoms with E-state index in [9.17, 15) is 0 Å². The maximum absolute atomic E-state index is 5.53. The summed E-state index contributed by atoms with van der Waals surface area (Å²) in [6.45, 7) is 5.18. The highest BCUT2D eigenvalue weighted by Gasteiger charge is 1.99. The van der Waals surface area contributed by atoms with Crippen molar-refractivity contribution < 1.29 is 4.74 Å². The van der Waals surface area contributed by atoms with Gasteiger partial charge in [-0.25, -0.2) is 9.97 Å². The summed E-state index contributed by atoms with van der Waals surface area (Å²) in [5.74, 6) is 0. The summed E-state index contributed by atoms with van der Waals surface area (Å²) in [5.41, 5.74) is 1.22. The molecule has 0 fully saturated rings. The summed E-state index contributed by atoms with van der Waals surface area (Å²) >= 11 is 0. The molecular formula is C16H28N2O. The first-order valence-electron chi connectivity index (χ1n) is 7.80. The van der Waals surface area contributed by atoms with E-state index in [2.05, 4.69) is 23.8 Å². The fourth-order valence-electron chi connectivity index (χ4n) is 1.99. The lowest BCUT2D eigenvalue weighted by atomic mass is 10.1. The first-order chi connectivity index (χ1) is 9.36. The largest absolute Gasteiger partial charge is 0.463 e. The number of unbranched alkanes of at least 4 members (excludes halogenated alkanes) is 6. The molecule has 0 bridgehead atoms. The Labute approximate surface area is 117 Å². The van der Waals surface area contributed by atoms with Gasteiger partial charge in [0.05, 0.1) is 6.61 Å². The van der Waals surface area contributed by atoms with Gasteiger partial charge in [-0.2, -0.15) is 0 Å². The van der Waals surface area contributed by atoms with Gasteiger partial charge in [-0.05, 0) is 24.8 Å². The van der Waals surface area contributed by atoms with Crippen molar-refractivity contribution >= 4 is 0 Å². The maximum Gasteiger partial charge on any atom is 0.316 e. The maximum atomic E-state index is 5.53. The highest BCUT2D eigenvalue weighted by Crippen LogP contribution is 2.09. The van der Waals surface area contributed by atoms with Crippen LogP contribution in [0.2, 0.25) is 0 Å². The zero-order chi connectivity index (χ0) is 13.8. The van der Waals surface area contributed by atoms with Gasteiger partial charge in [0.2, 0.25) is 0 Å². The summed E-state index contributed by atoms with van der Waals surface area (Å²) in [4.78, 5) is 8.52.